The molecule has 7 heteroatoms. The summed E-state index contributed by atoms with van der Waals surface area (Å²) >= 11 is 0. The summed E-state index contributed by atoms with van der Waals surface area (Å²) in [5.74, 6) is -2.61. The fraction of sp³-hybridized carbons (Fsp3) is 0.640. The molecule has 32 heavy (non-hydrogen) atoms. The summed E-state index contributed by atoms with van der Waals surface area (Å²) in [5.41, 5.74) is 1.06. The minimum absolute atomic E-state index is 0.0888. The van der Waals surface area contributed by atoms with E-state index in [2.05, 4.69) is 0 Å². The quantitative estimate of drug-likeness (QED) is 0.496. The first-order valence-electron chi connectivity index (χ1n) is 11.4. The smallest absolute Gasteiger partial charge is 0.333 e. The predicted octanol–water partition coefficient (Wildman–Crippen LogP) is 4.77. The van der Waals surface area contributed by atoms with Crippen molar-refractivity contribution < 1.29 is 33.4 Å². The van der Waals surface area contributed by atoms with Crippen molar-refractivity contribution in [3.05, 3.63) is 34.8 Å². The Kier molecular flexibility index (Phi) is 6.86. The maximum Gasteiger partial charge on any atom is 0.333 e. The van der Waals surface area contributed by atoms with Crippen LogP contribution in [0.1, 0.15) is 76.9 Å². The Bertz CT molecular complexity index is 927. The minimum Gasteiger partial charge on any atom is -0.481 e. The van der Waals surface area contributed by atoms with Crippen LogP contribution >= 0.6 is 0 Å². The number of carbonyl (C=O) groups is 3. The van der Waals surface area contributed by atoms with E-state index in [-0.39, 0.29) is 17.8 Å². The molecular weight excluding hydrogens is 412 g/mol. The maximum absolute atomic E-state index is 12.9. The van der Waals surface area contributed by atoms with Crippen molar-refractivity contribution >= 4 is 17.9 Å². The molecule has 1 N–H and O–H groups in total. The Morgan fingerprint density at radius 1 is 1.31 bits per heavy atom. The van der Waals surface area contributed by atoms with E-state index in [0.717, 1.165) is 16.9 Å². The second kappa shape index (κ2) is 9.12. The lowest BCUT2D eigenvalue weighted by Gasteiger charge is -2.54. The molecule has 3 rings (SSSR count). The van der Waals surface area contributed by atoms with Crippen molar-refractivity contribution in [2.24, 2.45) is 23.2 Å². The van der Waals surface area contributed by atoms with Gasteiger partial charge in [-0.3, -0.25) is 9.59 Å². The molecule has 176 valence electrons. The maximum atomic E-state index is 12.9. The summed E-state index contributed by atoms with van der Waals surface area (Å²) in [7, 11) is 0. The monoisotopic (exact) mass is 446 g/mol. The van der Waals surface area contributed by atoms with Crippen LogP contribution in [0.15, 0.2) is 22.3 Å². The molecule has 1 saturated carbocycles. The van der Waals surface area contributed by atoms with Crippen LogP contribution in [0.5, 0.6) is 0 Å². The number of ether oxygens (including phenoxy) is 2. The standard InChI is InChI=1S/C25H34O7/c1-7-13(3)23(28)31-17-10-9-16-11-18-19(15(5)12-30-18)21(32-24(29)14(4)8-2)25(16,6)20(17)22(26)27/h7,12,14,16-17,20-21H,8-11H2,1-6H3,(H,26,27)/b13-7-/t14?,16-,17+,20-,21-,25+/m1/s1. The topological polar surface area (TPSA) is 103 Å². The van der Waals surface area contributed by atoms with Gasteiger partial charge in [-0.05, 0) is 51.5 Å². The van der Waals surface area contributed by atoms with Crippen LogP contribution in [0.2, 0.25) is 0 Å². The zero-order valence-electron chi connectivity index (χ0n) is 19.8. The lowest BCUT2D eigenvalue weighted by Crippen LogP contribution is -2.57. The highest BCUT2D eigenvalue weighted by Gasteiger charge is 2.62. The van der Waals surface area contributed by atoms with Crippen LogP contribution in [0, 0.1) is 30.1 Å². The highest BCUT2D eigenvalue weighted by atomic mass is 16.6. The normalized spacial score (nSPS) is 30.6. The molecule has 1 aromatic heterocycles. The Hall–Kier alpha value is -2.57. The molecule has 1 fully saturated rings. The van der Waals surface area contributed by atoms with Crippen LogP contribution in [0.4, 0.5) is 0 Å². The molecule has 6 atom stereocenters. The average Bonchev–Trinajstić information content (AvgIpc) is 3.12. The second-order valence-electron chi connectivity index (χ2n) is 9.46. The molecular formula is C25H34O7. The number of carboxylic acids is 1. The molecule has 0 saturated heterocycles. The molecule has 0 radical (unpaired) electrons. The van der Waals surface area contributed by atoms with Crippen LogP contribution < -0.4 is 0 Å². The van der Waals surface area contributed by atoms with Crippen LogP contribution in [-0.2, 0) is 30.3 Å². The summed E-state index contributed by atoms with van der Waals surface area (Å²) in [6.45, 7) is 10.8. The Balaban J connectivity index is 2.08. The number of hydrogen-bond donors (Lipinski definition) is 1. The summed E-state index contributed by atoms with van der Waals surface area (Å²) in [5, 5.41) is 10.3. The van der Waals surface area contributed by atoms with Crippen molar-refractivity contribution in [1.82, 2.24) is 0 Å². The fourth-order valence-corrected chi connectivity index (χ4v) is 5.23. The van der Waals surface area contributed by atoms with Crippen molar-refractivity contribution in [2.45, 2.75) is 79.4 Å². The number of aliphatic carboxylic acids is 1. The first kappa shape index (κ1) is 24.1. The number of rotatable bonds is 6. The molecule has 2 aliphatic rings. The SMILES string of the molecule is C/C=C(/C)C(=O)O[C@H]1CC[C@@H]2Cc3occ(C)c3[C@@H](OC(=O)C(C)CC)[C@]2(C)[C@H]1C(=O)O. The van der Waals surface area contributed by atoms with Gasteiger partial charge in [-0.15, -0.1) is 0 Å². The van der Waals surface area contributed by atoms with Gasteiger partial charge in [-0.1, -0.05) is 26.8 Å². The van der Waals surface area contributed by atoms with Gasteiger partial charge in [0.15, 0.2) is 0 Å². The van der Waals surface area contributed by atoms with Gasteiger partial charge in [-0.25, -0.2) is 4.79 Å². The van der Waals surface area contributed by atoms with Gasteiger partial charge in [-0.2, -0.15) is 0 Å². The number of fused-ring (bicyclic) bond motifs is 2. The van der Waals surface area contributed by atoms with Gasteiger partial charge >= 0.3 is 17.9 Å². The van der Waals surface area contributed by atoms with E-state index in [1.165, 1.54) is 0 Å². The van der Waals surface area contributed by atoms with Gasteiger partial charge in [0.1, 0.15) is 23.9 Å². The molecule has 1 unspecified atom stereocenters. The first-order chi connectivity index (χ1) is 15.1. The van der Waals surface area contributed by atoms with Crippen LogP contribution in [0.25, 0.3) is 0 Å². The number of hydrogen-bond acceptors (Lipinski definition) is 6. The molecule has 0 aliphatic heterocycles. The number of allylic oxidation sites excluding steroid dienone is 1. The molecule has 0 amide bonds. The fourth-order valence-electron chi connectivity index (χ4n) is 5.23. The lowest BCUT2D eigenvalue weighted by atomic mass is 9.53. The molecule has 0 bridgehead atoms. The van der Waals surface area contributed by atoms with Gasteiger partial charge in [0, 0.05) is 23.0 Å². The number of carbonyl (C=O) groups excluding carboxylic acids is 2. The summed E-state index contributed by atoms with van der Waals surface area (Å²) in [6.07, 6.45) is 3.94. The number of carboxylic acid groups (broad SMARTS) is 1. The first-order valence-corrected chi connectivity index (χ1v) is 11.4. The van der Waals surface area contributed by atoms with Crippen LogP contribution in [0.3, 0.4) is 0 Å². The summed E-state index contributed by atoms with van der Waals surface area (Å²) in [6, 6.07) is 0. The molecule has 0 aromatic carbocycles. The van der Waals surface area contributed by atoms with E-state index in [0.29, 0.717) is 31.3 Å². The van der Waals surface area contributed by atoms with E-state index in [9.17, 15) is 19.5 Å². The van der Waals surface area contributed by atoms with E-state index >= 15 is 0 Å². The Labute approximate surface area is 189 Å². The third kappa shape index (κ3) is 3.97. The van der Waals surface area contributed by atoms with Gasteiger partial charge < -0.3 is 19.0 Å². The average molecular weight is 447 g/mol. The highest BCUT2D eigenvalue weighted by molar-refractivity contribution is 5.88. The third-order valence-electron chi connectivity index (χ3n) is 7.61. The van der Waals surface area contributed by atoms with Crippen molar-refractivity contribution in [3.63, 3.8) is 0 Å². The second-order valence-corrected chi connectivity index (χ2v) is 9.46. The Morgan fingerprint density at radius 2 is 2.00 bits per heavy atom. The molecule has 2 aliphatic carbocycles. The third-order valence-corrected chi connectivity index (χ3v) is 7.61. The number of esters is 2. The largest absolute Gasteiger partial charge is 0.481 e. The lowest BCUT2D eigenvalue weighted by molar-refractivity contribution is -0.200. The minimum atomic E-state index is -1.05. The van der Waals surface area contributed by atoms with Crippen molar-refractivity contribution in [2.75, 3.05) is 0 Å². The van der Waals surface area contributed by atoms with Crippen molar-refractivity contribution in [3.8, 4) is 0 Å². The number of aryl methyl sites for hydroxylation is 1. The van der Waals surface area contributed by atoms with E-state index in [4.69, 9.17) is 13.9 Å². The highest BCUT2D eigenvalue weighted by Crippen LogP contribution is 2.60. The van der Waals surface area contributed by atoms with E-state index in [1.54, 1.807) is 33.1 Å². The van der Waals surface area contributed by atoms with Gasteiger partial charge in [0.2, 0.25) is 0 Å². The molecule has 1 aromatic rings. The van der Waals surface area contributed by atoms with E-state index in [1.807, 2.05) is 20.8 Å². The van der Waals surface area contributed by atoms with Crippen molar-refractivity contribution in [1.29, 1.82) is 0 Å². The predicted molar refractivity (Wildman–Crippen MR) is 117 cm³/mol. The summed E-state index contributed by atoms with van der Waals surface area (Å²) < 4.78 is 17.6. The van der Waals surface area contributed by atoms with Crippen LogP contribution in [-0.4, -0.2) is 29.1 Å². The summed E-state index contributed by atoms with van der Waals surface area (Å²) in [4.78, 5) is 38.0. The van der Waals surface area contributed by atoms with E-state index < -0.39 is 35.5 Å². The Morgan fingerprint density at radius 3 is 2.59 bits per heavy atom. The zero-order valence-corrected chi connectivity index (χ0v) is 19.8. The van der Waals surface area contributed by atoms with Gasteiger partial charge in [0.05, 0.1) is 12.2 Å². The molecule has 7 nitrogen and oxygen atoms in total. The van der Waals surface area contributed by atoms with Gasteiger partial charge in [0.25, 0.3) is 0 Å². The molecule has 1 heterocycles. The zero-order chi connectivity index (χ0) is 23.8. The molecule has 0 spiro atoms. The number of furan rings is 1.